The van der Waals surface area contributed by atoms with Gasteiger partial charge in [0, 0.05) is 93.1 Å². The first kappa shape index (κ1) is 23.3. The number of anilines is 2. The smallest absolute Gasteiger partial charge is 0.141 e. The van der Waals surface area contributed by atoms with Gasteiger partial charge in [0.15, 0.2) is 0 Å². The van der Waals surface area contributed by atoms with E-state index in [1.807, 2.05) is 30.6 Å². The van der Waals surface area contributed by atoms with Gasteiger partial charge >= 0.3 is 0 Å². The van der Waals surface area contributed by atoms with Gasteiger partial charge in [-0.1, -0.05) is 6.07 Å². The molecule has 3 aromatic rings. The number of pyridine rings is 2. The Morgan fingerprint density at radius 3 is 2.50 bits per heavy atom. The third kappa shape index (κ3) is 4.31. The van der Waals surface area contributed by atoms with Gasteiger partial charge in [0.25, 0.3) is 0 Å². The van der Waals surface area contributed by atoms with Gasteiger partial charge in [-0.25, -0.2) is 0 Å². The molecular formula is C28H32BN7. The van der Waals surface area contributed by atoms with Crippen LogP contribution in [0.15, 0.2) is 48.8 Å². The van der Waals surface area contributed by atoms with Crippen LogP contribution in [0.1, 0.15) is 25.3 Å². The zero-order chi connectivity index (χ0) is 24.6. The minimum atomic E-state index is 0.452. The number of fused-ring (bicyclic) bond motifs is 2. The molecule has 3 aliphatic heterocycles. The normalized spacial score (nSPS) is 25.5. The molecule has 7 nitrogen and oxygen atoms in total. The fourth-order valence-corrected chi connectivity index (χ4v) is 6.57. The van der Waals surface area contributed by atoms with E-state index in [-0.39, 0.29) is 0 Å². The van der Waals surface area contributed by atoms with E-state index in [1.165, 1.54) is 25.1 Å². The summed E-state index contributed by atoms with van der Waals surface area (Å²) in [6, 6.07) is 16.0. The van der Waals surface area contributed by atoms with Crippen molar-refractivity contribution in [3.63, 3.8) is 0 Å². The van der Waals surface area contributed by atoms with Gasteiger partial charge in [0.2, 0.25) is 0 Å². The average molecular weight is 477 g/mol. The molecule has 1 aromatic carbocycles. The van der Waals surface area contributed by atoms with E-state index in [9.17, 15) is 5.26 Å². The van der Waals surface area contributed by atoms with E-state index in [0.29, 0.717) is 34.8 Å². The number of benzene rings is 1. The average Bonchev–Trinajstić information content (AvgIpc) is 2.92. The molecule has 0 bridgehead atoms. The lowest BCUT2D eigenvalue weighted by atomic mass is 9.90. The Kier molecular flexibility index (Phi) is 6.28. The maximum Gasteiger partial charge on any atom is 0.141 e. The van der Waals surface area contributed by atoms with Gasteiger partial charge in [0.1, 0.15) is 13.9 Å². The Hall–Kier alpha value is -3.15. The third-order valence-electron chi connectivity index (χ3n) is 8.39. The van der Waals surface area contributed by atoms with Crippen molar-refractivity contribution in [2.75, 3.05) is 55.6 Å². The van der Waals surface area contributed by atoms with Crippen LogP contribution < -0.4 is 15.4 Å². The van der Waals surface area contributed by atoms with Crippen molar-refractivity contribution in [2.45, 2.75) is 37.9 Å². The number of hydrogen-bond acceptors (Lipinski definition) is 7. The standard InChI is InChI=1S/C28H32BN7/c1-20-18-35(26-4-2-21(17-30)28-25(26)3-5-27(29)32-28)19-24-16-23(8-11-36(20)24)34-14-12-33(13-15-34)22-6-9-31-10-7-22/h2-7,9-10,20,23-24H,8,11-16,18-19H2,1H3/t20-,23-,24+/m1/s1. The molecule has 3 atom stereocenters. The lowest BCUT2D eigenvalue weighted by Gasteiger charge is -2.52. The van der Waals surface area contributed by atoms with E-state index in [1.54, 1.807) is 0 Å². The molecule has 3 saturated heterocycles. The van der Waals surface area contributed by atoms with E-state index in [4.69, 9.17) is 7.85 Å². The molecule has 2 aromatic heterocycles. The molecule has 0 saturated carbocycles. The fourth-order valence-electron chi connectivity index (χ4n) is 6.57. The summed E-state index contributed by atoms with van der Waals surface area (Å²) in [5, 5.41) is 10.6. The van der Waals surface area contributed by atoms with Crippen molar-refractivity contribution < 1.29 is 0 Å². The summed E-state index contributed by atoms with van der Waals surface area (Å²) in [6.07, 6.45) is 6.22. The second-order valence-corrected chi connectivity index (χ2v) is 10.4. The van der Waals surface area contributed by atoms with Gasteiger partial charge in [-0.15, -0.1) is 0 Å². The highest BCUT2D eigenvalue weighted by molar-refractivity contribution is 6.31. The summed E-state index contributed by atoms with van der Waals surface area (Å²) in [7, 11) is 5.96. The van der Waals surface area contributed by atoms with Crippen LogP contribution in [0.3, 0.4) is 0 Å². The predicted molar refractivity (Wildman–Crippen MR) is 145 cm³/mol. The highest BCUT2D eigenvalue weighted by Crippen LogP contribution is 2.34. The first-order valence-corrected chi connectivity index (χ1v) is 13.1. The number of aromatic nitrogens is 2. The van der Waals surface area contributed by atoms with Crippen molar-refractivity contribution >= 4 is 35.7 Å². The van der Waals surface area contributed by atoms with Gasteiger partial charge in [-0.3, -0.25) is 19.8 Å². The van der Waals surface area contributed by atoms with Crippen LogP contribution in [-0.4, -0.2) is 91.6 Å². The van der Waals surface area contributed by atoms with Crippen LogP contribution in [-0.2, 0) is 0 Å². The Morgan fingerprint density at radius 2 is 1.72 bits per heavy atom. The van der Waals surface area contributed by atoms with Crippen molar-refractivity contribution in [3.8, 4) is 6.07 Å². The summed E-state index contributed by atoms with van der Waals surface area (Å²) in [6.45, 7) is 9.89. The molecule has 182 valence electrons. The second kappa shape index (κ2) is 9.72. The van der Waals surface area contributed by atoms with Crippen LogP contribution in [0.5, 0.6) is 0 Å². The Balaban J connectivity index is 1.17. The molecule has 8 heteroatoms. The zero-order valence-corrected chi connectivity index (χ0v) is 20.9. The molecule has 0 amide bonds. The quantitative estimate of drug-likeness (QED) is 0.536. The number of hydrogen-bond donors (Lipinski definition) is 0. The zero-order valence-electron chi connectivity index (χ0n) is 20.9. The van der Waals surface area contributed by atoms with Gasteiger partial charge < -0.3 is 9.80 Å². The van der Waals surface area contributed by atoms with Crippen LogP contribution in [0.2, 0.25) is 0 Å². The van der Waals surface area contributed by atoms with Gasteiger partial charge in [0.05, 0.1) is 11.1 Å². The van der Waals surface area contributed by atoms with Crippen LogP contribution in [0, 0.1) is 11.3 Å². The van der Waals surface area contributed by atoms with Crippen molar-refractivity contribution in [2.24, 2.45) is 0 Å². The molecule has 0 unspecified atom stereocenters. The molecule has 0 aliphatic carbocycles. The molecule has 6 rings (SSSR count). The largest absolute Gasteiger partial charge is 0.369 e. The first-order valence-electron chi connectivity index (χ1n) is 13.1. The first-order chi connectivity index (χ1) is 17.6. The Bertz CT molecular complexity index is 1270. The van der Waals surface area contributed by atoms with Crippen LogP contribution >= 0.6 is 0 Å². The van der Waals surface area contributed by atoms with E-state index in [2.05, 4.69) is 60.8 Å². The van der Waals surface area contributed by atoms with Gasteiger partial charge in [-0.05, 0) is 55.7 Å². The van der Waals surface area contributed by atoms with Crippen LogP contribution in [0.4, 0.5) is 11.4 Å². The summed E-state index contributed by atoms with van der Waals surface area (Å²) >= 11 is 0. The Labute approximate surface area is 214 Å². The van der Waals surface area contributed by atoms with E-state index in [0.717, 1.165) is 50.3 Å². The molecule has 36 heavy (non-hydrogen) atoms. The monoisotopic (exact) mass is 477 g/mol. The van der Waals surface area contributed by atoms with E-state index < -0.39 is 0 Å². The minimum Gasteiger partial charge on any atom is -0.369 e. The summed E-state index contributed by atoms with van der Waals surface area (Å²) in [5.41, 5.74) is 4.18. The predicted octanol–water partition coefficient (Wildman–Crippen LogP) is 2.16. The summed E-state index contributed by atoms with van der Waals surface area (Å²) in [5.74, 6) is 0. The van der Waals surface area contributed by atoms with Crippen molar-refractivity contribution in [1.82, 2.24) is 19.8 Å². The molecule has 0 spiro atoms. The van der Waals surface area contributed by atoms with Gasteiger partial charge in [-0.2, -0.15) is 5.26 Å². The number of nitriles is 1. The van der Waals surface area contributed by atoms with Crippen LogP contribution in [0.25, 0.3) is 10.9 Å². The molecular weight excluding hydrogens is 445 g/mol. The number of rotatable bonds is 3. The van der Waals surface area contributed by atoms with Crippen molar-refractivity contribution in [1.29, 1.82) is 5.26 Å². The number of nitrogens with zero attached hydrogens (tertiary/aromatic N) is 7. The minimum absolute atomic E-state index is 0.452. The summed E-state index contributed by atoms with van der Waals surface area (Å²) in [4.78, 5) is 19.1. The molecule has 0 N–H and O–H groups in total. The maximum absolute atomic E-state index is 9.60. The topological polar surface area (TPSA) is 62.5 Å². The molecule has 3 aliphatic rings. The highest BCUT2D eigenvalue weighted by Gasteiger charge is 2.39. The maximum atomic E-state index is 9.60. The highest BCUT2D eigenvalue weighted by atomic mass is 15.3. The SMILES string of the molecule is [B]c1ccc2c(N3C[C@@H]4C[C@H](N5CCN(c6ccncc6)CC5)CCN4[C@H](C)C3)ccc(C#N)c2n1. The Morgan fingerprint density at radius 1 is 0.917 bits per heavy atom. The molecule has 3 fully saturated rings. The van der Waals surface area contributed by atoms with Crippen molar-refractivity contribution in [3.05, 3.63) is 54.4 Å². The molecule has 5 heterocycles. The lowest BCUT2D eigenvalue weighted by Crippen LogP contribution is -2.63. The summed E-state index contributed by atoms with van der Waals surface area (Å²) < 4.78 is 0. The number of piperazine rings is 2. The third-order valence-corrected chi connectivity index (χ3v) is 8.39. The number of piperidine rings is 1. The molecule has 2 radical (unpaired) electrons. The second-order valence-electron chi connectivity index (χ2n) is 10.4. The fraction of sp³-hybridized carbons (Fsp3) is 0.464. The lowest BCUT2D eigenvalue weighted by molar-refractivity contribution is 0.0300. The van der Waals surface area contributed by atoms with E-state index >= 15 is 0 Å².